The van der Waals surface area contributed by atoms with Gasteiger partial charge in [0.1, 0.15) is 6.26 Å². The molecule has 0 atom stereocenters. The van der Waals surface area contributed by atoms with E-state index in [1.54, 1.807) is 0 Å². The summed E-state index contributed by atoms with van der Waals surface area (Å²) in [6, 6.07) is 0. The molecule has 0 saturated carbocycles. The molecule has 3 heteroatoms. The topological polar surface area (TPSA) is 39.4 Å². The molecular weight excluding hydrogens is 120 g/mol. The zero-order chi connectivity index (χ0) is 6.27. The van der Waals surface area contributed by atoms with Crippen LogP contribution < -0.4 is 4.74 Å². The van der Waals surface area contributed by atoms with Crippen LogP contribution in [0.5, 0.6) is 5.75 Å². The monoisotopic (exact) mass is 124 g/mol. The summed E-state index contributed by atoms with van der Waals surface area (Å²) in [5.41, 5.74) is 0.847. The number of rotatable bonds is 0. The molecule has 0 spiro atoms. The van der Waals surface area contributed by atoms with Crippen LogP contribution in [0.4, 0.5) is 0 Å². The van der Waals surface area contributed by atoms with Crippen LogP contribution in [0.2, 0.25) is 0 Å². The molecule has 0 saturated heterocycles. The summed E-state index contributed by atoms with van der Waals surface area (Å²) >= 11 is 0. The van der Waals surface area contributed by atoms with Gasteiger partial charge in [-0.25, -0.2) is 0 Å². The van der Waals surface area contributed by atoms with Crippen LogP contribution >= 0.6 is 0 Å². The molecule has 2 rings (SSSR count). The van der Waals surface area contributed by atoms with E-state index in [1.165, 1.54) is 12.5 Å². The molecule has 0 amide bonds. The first-order chi connectivity index (χ1) is 4.36. The van der Waals surface area contributed by atoms with Gasteiger partial charge in [-0.2, -0.15) is 0 Å². The van der Waals surface area contributed by atoms with E-state index in [-0.39, 0.29) is 5.97 Å². The summed E-state index contributed by atoms with van der Waals surface area (Å²) in [4.78, 5) is 10.5. The van der Waals surface area contributed by atoms with E-state index in [9.17, 15) is 4.79 Å². The number of hydrogen-bond donors (Lipinski definition) is 0. The van der Waals surface area contributed by atoms with Gasteiger partial charge in [-0.1, -0.05) is 0 Å². The minimum absolute atomic E-state index is 0.198. The van der Waals surface area contributed by atoms with Gasteiger partial charge in [0.2, 0.25) is 0 Å². The highest BCUT2D eigenvalue weighted by molar-refractivity contribution is 5.80. The van der Waals surface area contributed by atoms with E-state index in [2.05, 4.69) is 0 Å². The lowest BCUT2D eigenvalue weighted by atomic mass is 10.3. The Labute approximate surface area is 51.2 Å². The van der Waals surface area contributed by atoms with Gasteiger partial charge in [-0.15, -0.1) is 0 Å². The quantitative estimate of drug-likeness (QED) is 0.479. The Morgan fingerprint density at radius 3 is 3.11 bits per heavy atom. The Bertz CT molecular complexity index is 226. The Morgan fingerprint density at radius 2 is 2.33 bits per heavy atom. The number of fused-ring (bicyclic) bond motifs is 1. The maximum atomic E-state index is 10.5. The van der Waals surface area contributed by atoms with Gasteiger partial charge < -0.3 is 9.15 Å². The van der Waals surface area contributed by atoms with E-state index < -0.39 is 0 Å². The zero-order valence-corrected chi connectivity index (χ0v) is 4.59. The van der Waals surface area contributed by atoms with Crippen LogP contribution in [0.25, 0.3) is 0 Å². The van der Waals surface area contributed by atoms with Crippen molar-refractivity contribution in [1.29, 1.82) is 0 Å². The highest BCUT2D eigenvalue weighted by Crippen LogP contribution is 2.25. The van der Waals surface area contributed by atoms with Gasteiger partial charge in [0.15, 0.2) is 5.75 Å². The average Bonchev–Trinajstić information content (AvgIpc) is 2.22. The fraction of sp³-hybridized carbons (Fsp3) is 0.167. The number of ether oxygens (including phenoxy) is 1. The summed E-state index contributed by atoms with van der Waals surface area (Å²) in [6.07, 6.45) is 3.31. The average molecular weight is 124 g/mol. The number of hydrogen-bond acceptors (Lipinski definition) is 3. The summed E-state index contributed by atoms with van der Waals surface area (Å²) in [5.74, 6) is 0.371. The second-order valence-electron chi connectivity index (χ2n) is 1.91. The number of carbonyl (C=O) groups excluding carboxylic acids is 1. The Balaban J connectivity index is 2.49. The molecule has 1 aliphatic rings. The SMILES string of the molecule is O=C1Cc2cocc2O1. The molecule has 1 aromatic rings. The molecule has 0 aliphatic carbocycles. The van der Waals surface area contributed by atoms with Crippen molar-refractivity contribution in [1.82, 2.24) is 0 Å². The molecule has 2 heterocycles. The van der Waals surface area contributed by atoms with Crippen LogP contribution in [0, 0.1) is 0 Å². The molecule has 0 unspecified atom stereocenters. The number of esters is 1. The van der Waals surface area contributed by atoms with E-state index in [1.807, 2.05) is 0 Å². The van der Waals surface area contributed by atoms with Crippen LogP contribution in [-0.2, 0) is 11.2 Å². The number of carbonyl (C=O) groups is 1. The van der Waals surface area contributed by atoms with Crippen molar-refractivity contribution in [3.8, 4) is 5.75 Å². The molecule has 3 nitrogen and oxygen atoms in total. The second kappa shape index (κ2) is 1.37. The van der Waals surface area contributed by atoms with Gasteiger partial charge in [-0.3, -0.25) is 4.79 Å². The lowest BCUT2D eigenvalue weighted by Crippen LogP contribution is -2.00. The largest absolute Gasteiger partial charge is 0.468 e. The zero-order valence-electron chi connectivity index (χ0n) is 4.59. The van der Waals surface area contributed by atoms with Crippen molar-refractivity contribution in [2.75, 3.05) is 0 Å². The first kappa shape index (κ1) is 4.61. The fourth-order valence-corrected chi connectivity index (χ4v) is 0.844. The second-order valence-corrected chi connectivity index (χ2v) is 1.91. The van der Waals surface area contributed by atoms with Crippen molar-refractivity contribution in [2.45, 2.75) is 6.42 Å². The first-order valence-electron chi connectivity index (χ1n) is 2.62. The Hall–Kier alpha value is -1.25. The molecule has 0 bridgehead atoms. The van der Waals surface area contributed by atoms with Gasteiger partial charge >= 0.3 is 5.97 Å². The van der Waals surface area contributed by atoms with Crippen LogP contribution in [-0.4, -0.2) is 5.97 Å². The minimum atomic E-state index is -0.198. The summed E-state index contributed by atoms with van der Waals surface area (Å²) in [6.45, 7) is 0. The van der Waals surface area contributed by atoms with Crippen molar-refractivity contribution in [3.63, 3.8) is 0 Å². The molecule has 46 valence electrons. The van der Waals surface area contributed by atoms with Crippen molar-refractivity contribution < 1.29 is 13.9 Å². The van der Waals surface area contributed by atoms with E-state index in [0.29, 0.717) is 12.2 Å². The van der Waals surface area contributed by atoms with Gasteiger partial charge in [0.25, 0.3) is 0 Å². The Kier molecular flexibility index (Phi) is 0.704. The van der Waals surface area contributed by atoms with Gasteiger partial charge in [0, 0.05) is 5.56 Å². The van der Waals surface area contributed by atoms with Gasteiger partial charge in [-0.05, 0) is 0 Å². The van der Waals surface area contributed by atoms with E-state index in [0.717, 1.165) is 5.56 Å². The van der Waals surface area contributed by atoms with Crippen molar-refractivity contribution in [2.24, 2.45) is 0 Å². The minimum Gasteiger partial charge on any atom is -0.468 e. The maximum absolute atomic E-state index is 10.5. The van der Waals surface area contributed by atoms with E-state index in [4.69, 9.17) is 9.15 Å². The third kappa shape index (κ3) is 0.543. The predicted molar refractivity (Wildman–Crippen MR) is 28.0 cm³/mol. The normalized spacial score (nSPS) is 15.3. The molecule has 1 aromatic heterocycles. The smallest absolute Gasteiger partial charge is 0.316 e. The highest BCUT2D eigenvalue weighted by atomic mass is 16.5. The van der Waals surface area contributed by atoms with Crippen molar-refractivity contribution in [3.05, 3.63) is 18.1 Å². The molecule has 0 fully saturated rings. The van der Waals surface area contributed by atoms with Gasteiger partial charge in [0.05, 0.1) is 12.7 Å². The van der Waals surface area contributed by atoms with Crippen LogP contribution in [0.1, 0.15) is 5.56 Å². The fourth-order valence-electron chi connectivity index (χ4n) is 0.844. The first-order valence-corrected chi connectivity index (χ1v) is 2.62. The lowest BCUT2D eigenvalue weighted by Gasteiger charge is -1.84. The lowest BCUT2D eigenvalue weighted by molar-refractivity contribution is -0.132. The summed E-state index contributed by atoms with van der Waals surface area (Å²) < 4.78 is 9.47. The standard InChI is InChI=1S/C6H4O3/c7-6-1-4-2-8-3-5(4)9-6/h2-3H,1H2. The molecular formula is C6H4O3. The van der Waals surface area contributed by atoms with E-state index >= 15 is 0 Å². The van der Waals surface area contributed by atoms with Crippen LogP contribution in [0.3, 0.4) is 0 Å². The number of furan rings is 1. The highest BCUT2D eigenvalue weighted by Gasteiger charge is 2.21. The van der Waals surface area contributed by atoms with Crippen molar-refractivity contribution >= 4 is 5.97 Å². The summed E-state index contributed by atoms with van der Waals surface area (Å²) in [5, 5.41) is 0. The molecule has 0 radical (unpaired) electrons. The third-order valence-electron chi connectivity index (χ3n) is 1.26. The third-order valence-corrected chi connectivity index (χ3v) is 1.26. The molecule has 1 aliphatic heterocycles. The predicted octanol–water partition coefficient (Wildman–Crippen LogP) is 0.741. The van der Waals surface area contributed by atoms with Crippen LogP contribution in [0.15, 0.2) is 16.9 Å². The molecule has 0 aromatic carbocycles. The molecule has 9 heavy (non-hydrogen) atoms. The molecule has 0 N–H and O–H groups in total. The maximum Gasteiger partial charge on any atom is 0.316 e. The summed E-state index contributed by atoms with van der Waals surface area (Å²) in [7, 11) is 0. The Morgan fingerprint density at radius 1 is 1.44 bits per heavy atom.